The molecule has 0 aliphatic heterocycles. The molecule has 0 saturated carbocycles. The van der Waals surface area contributed by atoms with Crippen molar-refractivity contribution in [2.75, 3.05) is 4.90 Å². The first-order chi connectivity index (χ1) is 30.7. The maximum Gasteiger partial charge on any atom is 0.143 e. The number of anilines is 3. The van der Waals surface area contributed by atoms with E-state index in [1.165, 1.54) is 63.9 Å². The third-order valence-corrected chi connectivity index (χ3v) is 13.7. The summed E-state index contributed by atoms with van der Waals surface area (Å²) in [7, 11) is 0. The fraction of sp³-hybridized carbons (Fsp3) is 0. The van der Waals surface area contributed by atoms with Gasteiger partial charge in [-0.05, 0) is 112 Å². The predicted octanol–water partition coefficient (Wildman–Crippen LogP) is 17.0. The Kier molecular flexibility index (Phi) is 7.78. The fourth-order valence-electron chi connectivity index (χ4n) is 9.62. The van der Waals surface area contributed by atoms with Crippen LogP contribution in [0.15, 0.2) is 223 Å². The Labute approximate surface area is 361 Å². The first kappa shape index (κ1) is 34.9. The van der Waals surface area contributed by atoms with E-state index in [-0.39, 0.29) is 0 Å². The molecule has 0 unspecified atom stereocenters. The molecule has 0 aliphatic rings. The average Bonchev–Trinajstić information content (AvgIpc) is 4.01. The third-order valence-electron chi connectivity index (χ3n) is 12.6. The highest BCUT2D eigenvalue weighted by Crippen LogP contribution is 2.45. The molecule has 13 aromatic rings. The summed E-state index contributed by atoms with van der Waals surface area (Å²) in [4.78, 5) is 2.39. The molecule has 0 fully saturated rings. The van der Waals surface area contributed by atoms with E-state index < -0.39 is 0 Å². The molecule has 0 spiro atoms. The van der Waals surface area contributed by atoms with E-state index in [9.17, 15) is 0 Å². The Morgan fingerprint density at radius 3 is 1.77 bits per heavy atom. The van der Waals surface area contributed by atoms with Gasteiger partial charge in [-0.25, -0.2) is 0 Å². The lowest BCUT2D eigenvalue weighted by Crippen LogP contribution is -2.10. The quantitative estimate of drug-likeness (QED) is 0.167. The molecule has 10 aromatic carbocycles. The largest absolute Gasteiger partial charge is 0.455 e. The molecule has 4 heteroatoms. The zero-order valence-corrected chi connectivity index (χ0v) is 34.3. The standard InChI is InChI=1S/C58H36N2OS/c1-2-12-40-33-44(31-23-37(40)11-1)59(42-27-21-38(22-28-42)41-26-32-57-51(34-41)49-16-6-10-20-56(49)62-57)45-35-50(58-52(36-45)48-15-5-9-19-55(48)61-58)39-24-29-43(30-25-39)60-53-17-7-3-13-46(53)47-14-4-8-18-54(47)60/h1-36H. The van der Waals surface area contributed by atoms with Gasteiger partial charge in [0.1, 0.15) is 11.2 Å². The number of fused-ring (bicyclic) bond motifs is 10. The molecule has 0 amide bonds. The van der Waals surface area contributed by atoms with Crippen LogP contribution in [0.1, 0.15) is 0 Å². The number of hydrogen-bond acceptors (Lipinski definition) is 3. The van der Waals surface area contributed by atoms with Crippen molar-refractivity contribution in [2.45, 2.75) is 0 Å². The van der Waals surface area contributed by atoms with Crippen molar-refractivity contribution in [1.82, 2.24) is 4.57 Å². The van der Waals surface area contributed by atoms with Crippen molar-refractivity contribution >= 4 is 103 Å². The van der Waals surface area contributed by atoms with Gasteiger partial charge in [0.15, 0.2) is 0 Å². The first-order valence-electron chi connectivity index (χ1n) is 21.1. The summed E-state index contributed by atoms with van der Waals surface area (Å²) in [5.74, 6) is 0. The lowest BCUT2D eigenvalue weighted by Gasteiger charge is -2.27. The van der Waals surface area contributed by atoms with Gasteiger partial charge in [-0.2, -0.15) is 0 Å². The van der Waals surface area contributed by atoms with Crippen LogP contribution in [-0.2, 0) is 0 Å². The second-order valence-electron chi connectivity index (χ2n) is 16.1. The number of nitrogens with zero attached hydrogens (tertiary/aromatic N) is 2. The maximum atomic E-state index is 6.75. The second-order valence-corrected chi connectivity index (χ2v) is 17.2. The van der Waals surface area contributed by atoms with Gasteiger partial charge in [0.25, 0.3) is 0 Å². The summed E-state index contributed by atoms with van der Waals surface area (Å²) in [5, 5.41) is 9.71. The molecule has 3 nitrogen and oxygen atoms in total. The number of rotatable bonds is 6. The molecule has 0 N–H and O–H groups in total. The van der Waals surface area contributed by atoms with Crippen LogP contribution in [0.3, 0.4) is 0 Å². The van der Waals surface area contributed by atoms with Crippen molar-refractivity contribution in [3.63, 3.8) is 0 Å². The van der Waals surface area contributed by atoms with Crippen LogP contribution in [0.5, 0.6) is 0 Å². The smallest absolute Gasteiger partial charge is 0.143 e. The minimum absolute atomic E-state index is 0.875. The van der Waals surface area contributed by atoms with E-state index in [4.69, 9.17) is 4.42 Å². The third kappa shape index (κ3) is 5.51. The van der Waals surface area contributed by atoms with Crippen molar-refractivity contribution in [3.8, 4) is 27.9 Å². The Morgan fingerprint density at radius 1 is 0.371 bits per heavy atom. The highest BCUT2D eigenvalue weighted by atomic mass is 32.1. The van der Waals surface area contributed by atoms with E-state index in [1.54, 1.807) is 0 Å². The summed E-state index contributed by atoms with van der Waals surface area (Å²) >= 11 is 1.86. The van der Waals surface area contributed by atoms with Crippen LogP contribution in [0.4, 0.5) is 17.1 Å². The van der Waals surface area contributed by atoms with Crippen molar-refractivity contribution in [3.05, 3.63) is 218 Å². The molecule has 0 atom stereocenters. The summed E-state index contributed by atoms with van der Waals surface area (Å²) in [6.07, 6.45) is 0. The zero-order chi connectivity index (χ0) is 40.7. The highest BCUT2D eigenvalue weighted by Gasteiger charge is 2.21. The monoisotopic (exact) mass is 808 g/mol. The Balaban J connectivity index is 0.981. The topological polar surface area (TPSA) is 21.3 Å². The van der Waals surface area contributed by atoms with Crippen molar-refractivity contribution in [1.29, 1.82) is 0 Å². The number of furan rings is 1. The molecule has 0 radical (unpaired) electrons. The second kappa shape index (κ2) is 13.8. The predicted molar refractivity (Wildman–Crippen MR) is 264 cm³/mol. The Hall–Kier alpha value is -7.92. The lowest BCUT2D eigenvalue weighted by molar-refractivity contribution is 0.670. The van der Waals surface area contributed by atoms with E-state index in [1.807, 2.05) is 17.4 Å². The van der Waals surface area contributed by atoms with Gasteiger partial charge < -0.3 is 13.9 Å². The van der Waals surface area contributed by atoms with Crippen molar-refractivity contribution in [2.24, 2.45) is 0 Å². The summed E-state index contributed by atoms with van der Waals surface area (Å²) in [6.45, 7) is 0. The van der Waals surface area contributed by atoms with Crippen LogP contribution in [0.25, 0.3) is 103 Å². The van der Waals surface area contributed by atoms with E-state index in [2.05, 4.69) is 222 Å². The number of para-hydroxylation sites is 3. The van der Waals surface area contributed by atoms with Crippen LogP contribution in [0.2, 0.25) is 0 Å². The van der Waals surface area contributed by atoms with Crippen LogP contribution in [0, 0.1) is 0 Å². The van der Waals surface area contributed by atoms with Crippen LogP contribution < -0.4 is 4.90 Å². The molecule has 0 saturated heterocycles. The molecular weight excluding hydrogens is 773 g/mol. The number of aromatic nitrogens is 1. The Bertz CT molecular complexity index is 3820. The average molecular weight is 809 g/mol. The zero-order valence-electron chi connectivity index (χ0n) is 33.5. The number of benzene rings is 10. The summed E-state index contributed by atoms with van der Waals surface area (Å²) < 4.78 is 11.8. The minimum atomic E-state index is 0.875. The van der Waals surface area contributed by atoms with Gasteiger partial charge in [-0.1, -0.05) is 133 Å². The number of hydrogen-bond donors (Lipinski definition) is 0. The normalized spacial score (nSPS) is 11.9. The van der Waals surface area contributed by atoms with Gasteiger partial charge in [-0.15, -0.1) is 11.3 Å². The summed E-state index contributed by atoms with van der Waals surface area (Å²) in [5.41, 5.74) is 13.0. The highest BCUT2D eigenvalue weighted by molar-refractivity contribution is 7.25. The first-order valence-corrected chi connectivity index (χ1v) is 21.9. The van der Waals surface area contributed by atoms with Gasteiger partial charge in [0.2, 0.25) is 0 Å². The van der Waals surface area contributed by atoms with E-state index in [0.29, 0.717) is 0 Å². The van der Waals surface area contributed by atoms with E-state index in [0.717, 1.165) is 55.8 Å². The molecule has 62 heavy (non-hydrogen) atoms. The van der Waals surface area contributed by atoms with Gasteiger partial charge in [0.05, 0.1) is 11.0 Å². The van der Waals surface area contributed by atoms with Crippen LogP contribution >= 0.6 is 11.3 Å². The minimum Gasteiger partial charge on any atom is -0.455 e. The molecule has 3 heterocycles. The molecule has 3 aromatic heterocycles. The summed E-state index contributed by atoms with van der Waals surface area (Å²) in [6, 6.07) is 79.3. The van der Waals surface area contributed by atoms with E-state index >= 15 is 0 Å². The molecule has 0 aliphatic carbocycles. The maximum absolute atomic E-state index is 6.75. The van der Waals surface area contributed by atoms with Gasteiger partial charge in [-0.3, -0.25) is 0 Å². The molecular formula is C58H36N2OS. The Morgan fingerprint density at radius 2 is 0.984 bits per heavy atom. The van der Waals surface area contributed by atoms with Gasteiger partial charge in [0, 0.05) is 70.0 Å². The lowest BCUT2D eigenvalue weighted by atomic mass is 9.99. The molecule has 0 bridgehead atoms. The SMILES string of the molecule is c1ccc2cc(N(c3ccc(-c4ccc5sc6ccccc6c5c4)cc3)c3cc(-c4ccc(-n5c6ccccc6c6ccccc65)cc4)c4oc5ccccc5c4c3)ccc2c1. The number of thiophene rings is 1. The fourth-order valence-corrected chi connectivity index (χ4v) is 10.7. The van der Waals surface area contributed by atoms with Crippen LogP contribution in [-0.4, -0.2) is 4.57 Å². The van der Waals surface area contributed by atoms with Crippen molar-refractivity contribution < 1.29 is 4.42 Å². The molecule has 290 valence electrons. The van der Waals surface area contributed by atoms with Gasteiger partial charge >= 0.3 is 0 Å². The molecule has 13 rings (SSSR count).